The Kier molecular flexibility index (Phi) is 5.60. The van der Waals surface area contributed by atoms with Crippen molar-refractivity contribution in [1.29, 1.82) is 0 Å². The maximum atomic E-state index is 12.2. The molecule has 1 heterocycles. The van der Waals surface area contributed by atoms with E-state index in [9.17, 15) is 15.0 Å². The number of alkyl carbamates (subject to hydrolysis) is 1. The lowest BCUT2D eigenvalue weighted by Gasteiger charge is -2.19. The van der Waals surface area contributed by atoms with E-state index in [1.54, 1.807) is 0 Å². The van der Waals surface area contributed by atoms with Crippen molar-refractivity contribution in [3.63, 3.8) is 0 Å². The van der Waals surface area contributed by atoms with Crippen LogP contribution in [0.2, 0.25) is 0 Å². The summed E-state index contributed by atoms with van der Waals surface area (Å²) < 4.78 is 5.41. The maximum absolute atomic E-state index is 12.2. The summed E-state index contributed by atoms with van der Waals surface area (Å²) in [6, 6.07) is 16.1. The summed E-state index contributed by atoms with van der Waals surface area (Å²) in [5.41, 5.74) is 10.2. The number of hydrogen-bond donors (Lipinski definition) is 4. The second kappa shape index (κ2) is 8.48. The van der Waals surface area contributed by atoms with Crippen LogP contribution in [0.1, 0.15) is 28.7 Å². The van der Waals surface area contributed by atoms with Crippen LogP contribution < -0.4 is 11.1 Å². The zero-order chi connectivity index (χ0) is 21.1. The van der Waals surface area contributed by atoms with Crippen LogP contribution in [0.15, 0.2) is 60.9 Å². The monoisotopic (exact) mass is 406 g/mol. The predicted molar refractivity (Wildman–Crippen MR) is 110 cm³/mol. The molecule has 8 heteroatoms. The van der Waals surface area contributed by atoms with Gasteiger partial charge in [0, 0.05) is 30.4 Å². The summed E-state index contributed by atoms with van der Waals surface area (Å²) >= 11 is 0. The third-order valence-electron chi connectivity index (χ3n) is 5.20. The van der Waals surface area contributed by atoms with Gasteiger partial charge in [-0.3, -0.25) is 0 Å². The summed E-state index contributed by atoms with van der Waals surface area (Å²) in [6.07, 6.45) is -0.540. The number of nitrogens with zero attached hydrogens (tertiary/aromatic N) is 2. The third kappa shape index (κ3) is 3.96. The molecule has 3 aromatic rings. The van der Waals surface area contributed by atoms with Gasteiger partial charge in [-0.05, 0) is 22.3 Å². The normalized spacial score (nSPS) is 14.5. The summed E-state index contributed by atoms with van der Waals surface area (Å²) in [4.78, 5) is 19.7. The smallest absolute Gasteiger partial charge is 0.407 e. The number of ether oxygens (including phenoxy) is 1. The highest BCUT2D eigenvalue weighted by Crippen LogP contribution is 2.44. The highest BCUT2D eigenvalue weighted by molar-refractivity contribution is 5.79. The largest absolute Gasteiger partial charge is 0.449 e. The minimum absolute atomic E-state index is 0.0504. The number of carbonyl (C=O) groups excluding carboxylic acids is 1. The summed E-state index contributed by atoms with van der Waals surface area (Å²) in [7, 11) is 0. The first-order valence-electron chi connectivity index (χ1n) is 9.57. The molecule has 8 nitrogen and oxygen atoms in total. The highest BCUT2D eigenvalue weighted by Gasteiger charge is 2.29. The first-order valence-corrected chi connectivity index (χ1v) is 9.57. The molecule has 0 spiro atoms. The van der Waals surface area contributed by atoms with E-state index in [0.29, 0.717) is 5.56 Å². The standard InChI is InChI=1S/C22H22N4O4/c23-21-24-9-13(10-25-21)20(28)19(27)11-26-22(29)30-12-18-16-7-3-1-5-14(16)15-6-2-4-8-17(15)18/h1-10,18-20,27-28H,11-12H2,(H,26,29)(H2,23,24,25). The highest BCUT2D eigenvalue weighted by atomic mass is 16.5. The lowest BCUT2D eigenvalue weighted by molar-refractivity contribution is 0.0182. The quantitative estimate of drug-likeness (QED) is 0.492. The van der Waals surface area contributed by atoms with Gasteiger partial charge in [-0.1, -0.05) is 48.5 Å². The number of rotatable bonds is 6. The van der Waals surface area contributed by atoms with Gasteiger partial charge in [0.05, 0.1) is 0 Å². The Morgan fingerprint density at radius 1 is 1.03 bits per heavy atom. The molecule has 0 saturated heterocycles. The number of anilines is 1. The van der Waals surface area contributed by atoms with E-state index in [1.165, 1.54) is 12.4 Å². The minimum Gasteiger partial charge on any atom is -0.449 e. The molecule has 5 N–H and O–H groups in total. The van der Waals surface area contributed by atoms with E-state index in [0.717, 1.165) is 22.3 Å². The Morgan fingerprint density at radius 3 is 2.20 bits per heavy atom. The fourth-order valence-corrected chi connectivity index (χ4v) is 3.67. The number of aromatic nitrogens is 2. The van der Waals surface area contributed by atoms with Crippen LogP contribution in [0.3, 0.4) is 0 Å². The van der Waals surface area contributed by atoms with E-state index >= 15 is 0 Å². The van der Waals surface area contributed by atoms with Crippen molar-refractivity contribution in [3.05, 3.63) is 77.6 Å². The topological polar surface area (TPSA) is 131 Å². The van der Waals surface area contributed by atoms with Crippen molar-refractivity contribution in [1.82, 2.24) is 15.3 Å². The summed E-state index contributed by atoms with van der Waals surface area (Å²) in [5, 5.41) is 22.8. The van der Waals surface area contributed by atoms with Gasteiger partial charge in [0.15, 0.2) is 0 Å². The number of carbonyl (C=O) groups is 1. The number of aliphatic hydroxyl groups excluding tert-OH is 2. The molecule has 0 fully saturated rings. The van der Waals surface area contributed by atoms with Crippen molar-refractivity contribution in [2.75, 3.05) is 18.9 Å². The second-order valence-electron chi connectivity index (χ2n) is 7.09. The molecule has 30 heavy (non-hydrogen) atoms. The van der Waals surface area contributed by atoms with E-state index in [1.807, 2.05) is 36.4 Å². The fraction of sp³-hybridized carbons (Fsp3) is 0.227. The third-order valence-corrected chi connectivity index (χ3v) is 5.20. The van der Waals surface area contributed by atoms with Crippen molar-refractivity contribution in [2.45, 2.75) is 18.1 Å². The van der Waals surface area contributed by atoms with Gasteiger partial charge < -0.3 is 26.0 Å². The molecule has 1 aromatic heterocycles. The van der Waals surface area contributed by atoms with Gasteiger partial charge in [-0.2, -0.15) is 0 Å². The zero-order valence-electron chi connectivity index (χ0n) is 16.1. The number of benzene rings is 2. The first-order chi connectivity index (χ1) is 14.5. The van der Waals surface area contributed by atoms with E-state index in [4.69, 9.17) is 10.5 Å². The van der Waals surface area contributed by atoms with Gasteiger partial charge in [0.25, 0.3) is 0 Å². The number of nitrogens with two attached hydrogens (primary N) is 1. The van der Waals surface area contributed by atoms with Gasteiger partial charge in [-0.15, -0.1) is 0 Å². The van der Waals surface area contributed by atoms with Crippen LogP contribution >= 0.6 is 0 Å². The number of nitrogens with one attached hydrogen (secondary N) is 1. The molecular weight excluding hydrogens is 384 g/mol. The number of hydrogen-bond acceptors (Lipinski definition) is 7. The molecule has 0 saturated carbocycles. The fourth-order valence-electron chi connectivity index (χ4n) is 3.67. The van der Waals surface area contributed by atoms with Crippen molar-refractivity contribution in [3.8, 4) is 11.1 Å². The predicted octanol–water partition coefficient (Wildman–Crippen LogP) is 1.99. The first kappa shape index (κ1) is 19.8. The average Bonchev–Trinajstić information content (AvgIpc) is 3.10. The molecule has 0 radical (unpaired) electrons. The SMILES string of the molecule is Nc1ncc(C(O)C(O)CNC(=O)OCC2c3ccccc3-c3ccccc32)cn1. The Morgan fingerprint density at radius 2 is 1.60 bits per heavy atom. The molecule has 0 bridgehead atoms. The lowest BCUT2D eigenvalue weighted by Crippen LogP contribution is -2.36. The molecule has 2 aromatic carbocycles. The number of aliphatic hydroxyl groups is 2. The van der Waals surface area contributed by atoms with Crippen molar-refractivity contribution in [2.24, 2.45) is 0 Å². The molecule has 1 aliphatic carbocycles. The van der Waals surface area contributed by atoms with Gasteiger partial charge >= 0.3 is 6.09 Å². The number of fused-ring (bicyclic) bond motifs is 3. The molecule has 1 aliphatic rings. The zero-order valence-corrected chi connectivity index (χ0v) is 16.1. The maximum Gasteiger partial charge on any atom is 0.407 e. The second-order valence-corrected chi connectivity index (χ2v) is 7.09. The van der Waals surface area contributed by atoms with Crippen LogP contribution in [0.4, 0.5) is 10.7 Å². The van der Waals surface area contributed by atoms with E-state index in [2.05, 4.69) is 27.4 Å². The molecule has 154 valence electrons. The van der Waals surface area contributed by atoms with Gasteiger partial charge in [0.1, 0.15) is 18.8 Å². The molecular formula is C22H22N4O4. The van der Waals surface area contributed by atoms with Crippen molar-refractivity contribution < 1.29 is 19.7 Å². The van der Waals surface area contributed by atoms with Crippen LogP contribution in [0, 0.1) is 0 Å². The van der Waals surface area contributed by atoms with Gasteiger partial charge in [-0.25, -0.2) is 14.8 Å². The molecule has 1 amide bonds. The molecule has 4 rings (SSSR count). The van der Waals surface area contributed by atoms with Crippen molar-refractivity contribution >= 4 is 12.0 Å². The van der Waals surface area contributed by atoms with E-state index < -0.39 is 18.3 Å². The molecule has 0 aliphatic heterocycles. The lowest BCUT2D eigenvalue weighted by atomic mass is 9.98. The van der Waals surface area contributed by atoms with Crippen LogP contribution in [0.25, 0.3) is 11.1 Å². The Balaban J connectivity index is 1.33. The Labute approximate surface area is 173 Å². The minimum atomic E-state index is -1.26. The number of nitrogen functional groups attached to an aromatic ring is 1. The van der Waals surface area contributed by atoms with Crippen LogP contribution in [-0.2, 0) is 4.74 Å². The Bertz CT molecular complexity index is 996. The van der Waals surface area contributed by atoms with Crippen LogP contribution in [-0.4, -0.2) is 45.5 Å². The molecule has 2 atom stereocenters. The van der Waals surface area contributed by atoms with E-state index in [-0.39, 0.29) is 25.0 Å². The van der Waals surface area contributed by atoms with Gasteiger partial charge in [0.2, 0.25) is 5.95 Å². The molecule has 2 unspecified atom stereocenters. The summed E-state index contributed by atoms with van der Waals surface area (Å²) in [6.45, 7) is -0.0213. The van der Waals surface area contributed by atoms with Crippen LogP contribution in [0.5, 0.6) is 0 Å². The Hall–Kier alpha value is -3.49. The summed E-state index contributed by atoms with van der Waals surface area (Å²) in [5.74, 6) is 0.0165. The number of amides is 1. The average molecular weight is 406 g/mol.